The Balaban J connectivity index is 1.66. The van der Waals surface area contributed by atoms with E-state index in [0.717, 1.165) is 45.1 Å². The zero-order chi connectivity index (χ0) is 20.7. The van der Waals surface area contributed by atoms with Gasteiger partial charge < -0.3 is 15.8 Å². The van der Waals surface area contributed by atoms with Gasteiger partial charge >= 0.3 is 0 Å². The van der Waals surface area contributed by atoms with Crippen LogP contribution >= 0.6 is 0 Å². The van der Waals surface area contributed by atoms with Crippen LogP contribution in [0.15, 0.2) is 35.3 Å². The lowest BCUT2D eigenvalue weighted by molar-refractivity contribution is -0.685. The molecule has 4 heterocycles. The number of nitrogen functional groups attached to an aromatic ring is 1. The molecule has 0 spiro atoms. The second-order valence-corrected chi connectivity index (χ2v) is 8.18. The fourth-order valence-electron chi connectivity index (χ4n) is 4.68. The van der Waals surface area contributed by atoms with Crippen molar-refractivity contribution in [1.29, 1.82) is 0 Å². The van der Waals surface area contributed by atoms with Gasteiger partial charge in [0, 0.05) is 19.3 Å². The average Bonchev–Trinajstić information content (AvgIpc) is 3.46. The van der Waals surface area contributed by atoms with Crippen LogP contribution in [0.1, 0.15) is 54.9 Å². The second kappa shape index (κ2) is 7.68. The number of nitrogens with zero attached hydrogens (tertiary/aromatic N) is 3. The van der Waals surface area contributed by atoms with Crippen molar-refractivity contribution in [2.75, 3.05) is 18.9 Å². The number of anilines is 1. The molecule has 156 valence electrons. The zero-order valence-corrected chi connectivity index (χ0v) is 16.8. The molecule has 8 nitrogen and oxygen atoms in total. The molecule has 1 saturated carbocycles. The summed E-state index contributed by atoms with van der Waals surface area (Å²) in [6.07, 6.45) is 7.79. The monoisotopic (exact) mass is 408 g/mol. The summed E-state index contributed by atoms with van der Waals surface area (Å²) < 4.78 is 9.02. The molecule has 1 aliphatic heterocycles. The van der Waals surface area contributed by atoms with E-state index in [4.69, 9.17) is 15.5 Å². The highest BCUT2D eigenvalue weighted by atomic mass is 16.5. The van der Waals surface area contributed by atoms with Crippen molar-refractivity contribution < 1.29 is 14.1 Å². The maximum atomic E-state index is 13.2. The highest BCUT2D eigenvalue weighted by molar-refractivity contribution is 6.00. The number of rotatable bonds is 4. The number of nitrogens with one attached hydrogen (secondary N) is 1. The van der Waals surface area contributed by atoms with Gasteiger partial charge in [-0.1, -0.05) is 11.1 Å². The minimum atomic E-state index is -0.283. The molecule has 0 radical (unpaired) electrons. The van der Waals surface area contributed by atoms with E-state index in [1.807, 2.05) is 10.6 Å². The minimum Gasteiger partial charge on any atom is -0.376 e. The smallest absolute Gasteiger partial charge is 0.278 e. The van der Waals surface area contributed by atoms with E-state index < -0.39 is 0 Å². The van der Waals surface area contributed by atoms with Crippen molar-refractivity contribution in [3.8, 4) is 0 Å². The maximum Gasteiger partial charge on any atom is 0.278 e. The molecule has 3 N–H and O–H groups in total. The fourth-order valence-corrected chi connectivity index (χ4v) is 4.68. The molecule has 0 unspecified atom stereocenters. The quantitative estimate of drug-likeness (QED) is 0.506. The lowest BCUT2D eigenvalue weighted by atomic mass is 10.1. The summed E-state index contributed by atoms with van der Waals surface area (Å²) in [4.78, 5) is 31.0. The van der Waals surface area contributed by atoms with E-state index in [9.17, 15) is 9.59 Å². The Kier molecular flexibility index (Phi) is 4.86. The van der Waals surface area contributed by atoms with Crippen LogP contribution in [0.3, 0.4) is 0 Å². The number of amides is 1. The van der Waals surface area contributed by atoms with Crippen LogP contribution in [0.5, 0.6) is 0 Å². The summed E-state index contributed by atoms with van der Waals surface area (Å²) in [5.74, 6) is 0.0839. The molecule has 8 heteroatoms. The fraction of sp³-hybridized carbons (Fsp3) is 0.455. The van der Waals surface area contributed by atoms with Crippen LogP contribution in [0.25, 0.3) is 16.7 Å². The summed E-state index contributed by atoms with van der Waals surface area (Å²) in [6, 6.07) is 7.17. The lowest BCUT2D eigenvalue weighted by Crippen LogP contribution is -2.46. The van der Waals surface area contributed by atoms with Crippen molar-refractivity contribution in [2.45, 2.75) is 50.7 Å². The normalized spacial score (nSPS) is 19.7. The third-order valence-corrected chi connectivity index (χ3v) is 6.25. The first-order valence-electron chi connectivity index (χ1n) is 10.7. The van der Waals surface area contributed by atoms with Gasteiger partial charge in [0.2, 0.25) is 11.5 Å². The standard InChI is InChI=1S/C22H25N5O3/c23-19-16(21(28)24-13-15-8-5-11-30-15)12-17-20(27(19)14-6-1-2-7-14)25-18-9-3-4-10-26(18)22(17)29/h3-4,9-10,12,14-15,23H,1-2,5-8,11,13H2,(H,24,28)/p+1/t15-/m0/s1. The van der Waals surface area contributed by atoms with Crippen LogP contribution in [0.2, 0.25) is 0 Å². The molecule has 2 fully saturated rings. The van der Waals surface area contributed by atoms with E-state index in [2.05, 4.69) is 5.32 Å². The van der Waals surface area contributed by atoms with Gasteiger partial charge in [0.25, 0.3) is 17.1 Å². The Morgan fingerprint density at radius 2 is 2.10 bits per heavy atom. The summed E-state index contributed by atoms with van der Waals surface area (Å²) >= 11 is 0. The van der Waals surface area contributed by atoms with Gasteiger partial charge in [-0.05, 0) is 56.7 Å². The van der Waals surface area contributed by atoms with Crippen molar-refractivity contribution >= 4 is 28.4 Å². The Morgan fingerprint density at radius 1 is 1.27 bits per heavy atom. The van der Waals surface area contributed by atoms with Gasteiger partial charge in [-0.3, -0.25) is 14.0 Å². The molecule has 0 bridgehead atoms. The second-order valence-electron chi connectivity index (χ2n) is 8.18. The van der Waals surface area contributed by atoms with Gasteiger partial charge in [-0.25, -0.2) is 4.57 Å². The summed E-state index contributed by atoms with van der Waals surface area (Å²) in [5, 5.41) is 3.34. The lowest BCUT2D eigenvalue weighted by Gasteiger charge is -2.17. The van der Waals surface area contributed by atoms with Crippen molar-refractivity contribution in [1.82, 2.24) is 14.7 Å². The number of hydrogen-bond donors (Lipinski definition) is 2. The average molecular weight is 408 g/mol. The molecule has 5 rings (SSSR count). The Labute approximate surface area is 173 Å². The largest absolute Gasteiger partial charge is 0.376 e. The first-order valence-corrected chi connectivity index (χ1v) is 10.7. The summed E-state index contributed by atoms with van der Waals surface area (Å²) in [5.41, 5.74) is 7.77. The minimum absolute atomic E-state index is 0.0359. The number of hydrogen-bond acceptors (Lipinski definition) is 5. The van der Waals surface area contributed by atoms with Crippen molar-refractivity contribution in [2.24, 2.45) is 0 Å². The summed E-state index contributed by atoms with van der Waals surface area (Å²) in [7, 11) is 0. The highest BCUT2D eigenvalue weighted by Crippen LogP contribution is 2.28. The Bertz CT molecular complexity index is 1180. The van der Waals surface area contributed by atoms with E-state index in [1.165, 1.54) is 4.40 Å². The van der Waals surface area contributed by atoms with Crippen LogP contribution in [0, 0.1) is 0 Å². The number of carbonyl (C=O) groups excluding carboxylic acids is 1. The van der Waals surface area contributed by atoms with Crippen molar-refractivity contribution in [3.63, 3.8) is 0 Å². The topological polar surface area (TPSA) is 103 Å². The van der Waals surface area contributed by atoms with E-state index in [1.54, 1.807) is 24.4 Å². The third kappa shape index (κ3) is 3.21. The number of pyridine rings is 2. The van der Waals surface area contributed by atoms with E-state index in [0.29, 0.717) is 34.6 Å². The van der Waals surface area contributed by atoms with Gasteiger partial charge in [-0.2, -0.15) is 0 Å². The van der Waals surface area contributed by atoms with E-state index in [-0.39, 0.29) is 23.6 Å². The molecule has 3 aromatic rings. The first-order chi connectivity index (χ1) is 14.6. The molecular formula is C22H26N5O3+. The molecule has 3 aromatic heterocycles. The maximum absolute atomic E-state index is 13.2. The van der Waals surface area contributed by atoms with Crippen LogP contribution in [-0.2, 0) is 4.74 Å². The van der Waals surface area contributed by atoms with Crippen LogP contribution in [-0.4, -0.2) is 34.5 Å². The number of fused-ring (bicyclic) bond motifs is 2. The predicted molar refractivity (Wildman–Crippen MR) is 112 cm³/mol. The number of nitrogens with two attached hydrogens (primary N) is 1. The third-order valence-electron chi connectivity index (χ3n) is 6.25. The number of aromatic nitrogens is 3. The number of ether oxygens (including phenoxy) is 1. The zero-order valence-electron chi connectivity index (χ0n) is 16.8. The highest BCUT2D eigenvalue weighted by Gasteiger charge is 2.30. The van der Waals surface area contributed by atoms with Gasteiger partial charge in [0.15, 0.2) is 0 Å². The molecule has 30 heavy (non-hydrogen) atoms. The van der Waals surface area contributed by atoms with Crippen molar-refractivity contribution in [3.05, 3.63) is 46.4 Å². The van der Waals surface area contributed by atoms with Gasteiger partial charge in [0.1, 0.15) is 10.9 Å². The molecule has 1 saturated heterocycles. The molecule has 1 atom stereocenters. The molecule has 2 aliphatic rings. The molecule has 0 aromatic carbocycles. The number of carbonyl (C=O) groups is 1. The SMILES string of the molecule is Nc1c(C(=O)NC[C@@H]2CCCO2)cc2c(=O)n3ccccc3nc2[n+]1C1CCCC1. The first kappa shape index (κ1) is 19.0. The van der Waals surface area contributed by atoms with Crippen LogP contribution in [0.4, 0.5) is 5.82 Å². The molecule has 1 aliphatic carbocycles. The van der Waals surface area contributed by atoms with Gasteiger partial charge in [-0.15, -0.1) is 0 Å². The Hall–Kier alpha value is -3.00. The summed E-state index contributed by atoms with van der Waals surface area (Å²) in [6.45, 7) is 1.17. The Morgan fingerprint density at radius 3 is 2.87 bits per heavy atom. The van der Waals surface area contributed by atoms with E-state index >= 15 is 0 Å². The molecular weight excluding hydrogens is 382 g/mol. The van der Waals surface area contributed by atoms with Gasteiger partial charge in [0.05, 0.1) is 12.1 Å². The molecule has 1 amide bonds. The van der Waals surface area contributed by atoms with Crippen LogP contribution < -0.4 is 21.2 Å². The predicted octanol–water partition coefficient (Wildman–Crippen LogP) is 1.74.